The van der Waals surface area contributed by atoms with Crippen LogP contribution in [0.3, 0.4) is 0 Å². The van der Waals surface area contributed by atoms with Crippen molar-refractivity contribution in [2.24, 2.45) is 11.7 Å². The Morgan fingerprint density at radius 1 is 1.40 bits per heavy atom. The maximum absolute atomic E-state index is 12.7. The summed E-state index contributed by atoms with van der Waals surface area (Å²) in [7, 11) is 0. The zero-order valence-corrected chi connectivity index (χ0v) is 11.1. The zero-order valence-electron chi connectivity index (χ0n) is 11.1. The normalized spacial score (nSPS) is 13.1. The number of nitriles is 1. The third-order valence-electron chi connectivity index (χ3n) is 2.77. The van der Waals surface area contributed by atoms with E-state index in [1.165, 1.54) is 24.3 Å². The van der Waals surface area contributed by atoms with E-state index in [9.17, 15) is 14.0 Å². The van der Waals surface area contributed by atoms with Crippen LogP contribution in [0.25, 0.3) is 0 Å². The number of nitrogens with zero attached hydrogens (tertiary/aromatic N) is 1. The van der Waals surface area contributed by atoms with E-state index < -0.39 is 23.8 Å². The molecule has 1 aromatic rings. The third kappa shape index (κ3) is 5.06. The van der Waals surface area contributed by atoms with Crippen molar-refractivity contribution in [2.45, 2.75) is 25.8 Å². The van der Waals surface area contributed by atoms with Crippen LogP contribution in [-0.4, -0.2) is 17.9 Å². The lowest BCUT2D eigenvalue weighted by Crippen LogP contribution is -2.45. The van der Waals surface area contributed by atoms with E-state index in [0.717, 1.165) is 0 Å². The number of carbonyl (C=O) groups is 2. The minimum Gasteiger partial charge on any atom is -0.368 e. The van der Waals surface area contributed by atoms with Gasteiger partial charge in [-0.2, -0.15) is 5.26 Å². The van der Waals surface area contributed by atoms with Crippen molar-refractivity contribution in [1.82, 2.24) is 5.32 Å². The number of hydrogen-bond donors (Lipinski definition) is 2. The molecule has 0 aliphatic heterocycles. The molecule has 0 aromatic heterocycles. The Morgan fingerprint density at radius 3 is 2.50 bits per heavy atom. The number of nitrogens with one attached hydrogen (secondary N) is 1. The van der Waals surface area contributed by atoms with Crippen molar-refractivity contribution in [2.75, 3.05) is 0 Å². The Labute approximate surface area is 116 Å². The largest absolute Gasteiger partial charge is 0.368 e. The molecular formula is C14H16FN3O2. The van der Waals surface area contributed by atoms with Gasteiger partial charge < -0.3 is 11.1 Å². The summed E-state index contributed by atoms with van der Waals surface area (Å²) in [5.74, 6) is -1.85. The minimum absolute atomic E-state index is 0.0188. The van der Waals surface area contributed by atoms with Gasteiger partial charge in [-0.1, -0.05) is 12.1 Å². The van der Waals surface area contributed by atoms with Gasteiger partial charge in [-0.3, -0.25) is 9.59 Å². The molecule has 0 saturated carbocycles. The van der Waals surface area contributed by atoms with Crippen LogP contribution in [0.1, 0.15) is 18.9 Å². The Morgan fingerprint density at radius 2 is 2.00 bits per heavy atom. The van der Waals surface area contributed by atoms with Gasteiger partial charge in [0, 0.05) is 5.92 Å². The van der Waals surface area contributed by atoms with Crippen LogP contribution in [0.4, 0.5) is 4.39 Å². The molecule has 106 valence electrons. The summed E-state index contributed by atoms with van der Waals surface area (Å²) in [6, 6.07) is 6.60. The number of halogens is 1. The Balaban J connectivity index is 2.60. The molecule has 0 heterocycles. The highest BCUT2D eigenvalue weighted by Crippen LogP contribution is 2.06. The van der Waals surface area contributed by atoms with Gasteiger partial charge in [-0.25, -0.2) is 4.39 Å². The van der Waals surface area contributed by atoms with Crippen LogP contribution < -0.4 is 11.1 Å². The highest BCUT2D eigenvalue weighted by atomic mass is 19.1. The van der Waals surface area contributed by atoms with Gasteiger partial charge in [0.05, 0.1) is 12.5 Å². The summed E-state index contributed by atoms with van der Waals surface area (Å²) in [5, 5.41) is 11.2. The van der Waals surface area contributed by atoms with Crippen LogP contribution >= 0.6 is 0 Å². The molecule has 0 fully saturated rings. The standard InChI is InChI=1S/C14H16FN3O2/c1-9(8-16)6-12(14(17)20)18-13(19)7-10-2-4-11(15)5-3-10/h2-5,9,12H,6-7H2,1H3,(H2,17,20)(H,18,19)/t9-,12-/m0/s1. The summed E-state index contributed by atoms with van der Waals surface area (Å²) in [5.41, 5.74) is 5.81. The smallest absolute Gasteiger partial charge is 0.240 e. The van der Waals surface area contributed by atoms with Crippen molar-refractivity contribution in [3.05, 3.63) is 35.6 Å². The van der Waals surface area contributed by atoms with Gasteiger partial charge in [-0.05, 0) is 31.0 Å². The number of benzene rings is 1. The number of nitrogens with two attached hydrogens (primary N) is 1. The van der Waals surface area contributed by atoms with Gasteiger partial charge in [0.25, 0.3) is 0 Å². The molecule has 0 unspecified atom stereocenters. The number of hydrogen-bond acceptors (Lipinski definition) is 3. The van der Waals surface area contributed by atoms with E-state index in [0.29, 0.717) is 5.56 Å². The monoisotopic (exact) mass is 277 g/mol. The van der Waals surface area contributed by atoms with Crippen molar-refractivity contribution in [1.29, 1.82) is 5.26 Å². The van der Waals surface area contributed by atoms with Crippen LogP contribution in [0.2, 0.25) is 0 Å². The predicted octanol–water partition coefficient (Wildman–Crippen LogP) is 0.888. The molecule has 2 amide bonds. The first-order valence-electron chi connectivity index (χ1n) is 6.15. The first kappa shape index (κ1) is 15.6. The van der Waals surface area contributed by atoms with Crippen LogP contribution in [0, 0.1) is 23.1 Å². The molecule has 0 spiro atoms. The van der Waals surface area contributed by atoms with E-state index in [1.807, 2.05) is 6.07 Å². The van der Waals surface area contributed by atoms with E-state index >= 15 is 0 Å². The highest BCUT2D eigenvalue weighted by Gasteiger charge is 2.20. The lowest BCUT2D eigenvalue weighted by Gasteiger charge is -2.16. The molecule has 20 heavy (non-hydrogen) atoms. The van der Waals surface area contributed by atoms with Crippen molar-refractivity contribution < 1.29 is 14.0 Å². The average Bonchev–Trinajstić information content (AvgIpc) is 2.40. The maximum atomic E-state index is 12.7. The zero-order chi connectivity index (χ0) is 15.1. The molecule has 6 heteroatoms. The number of rotatable bonds is 6. The Kier molecular flexibility index (Phi) is 5.66. The molecular weight excluding hydrogens is 261 g/mol. The molecule has 0 aliphatic rings. The van der Waals surface area contributed by atoms with Crippen LogP contribution in [-0.2, 0) is 16.0 Å². The van der Waals surface area contributed by atoms with E-state index in [1.54, 1.807) is 6.92 Å². The van der Waals surface area contributed by atoms with E-state index in [2.05, 4.69) is 5.32 Å². The fourth-order valence-electron chi connectivity index (χ4n) is 1.69. The van der Waals surface area contributed by atoms with Crippen molar-refractivity contribution in [3.8, 4) is 6.07 Å². The van der Waals surface area contributed by atoms with Crippen molar-refractivity contribution >= 4 is 11.8 Å². The quantitative estimate of drug-likeness (QED) is 0.808. The second-order valence-electron chi connectivity index (χ2n) is 4.59. The molecule has 0 radical (unpaired) electrons. The first-order valence-corrected chi connectivity index (χ1v) is 6.15. The molecule has 0 aliphatic carbocycles. The molecule has 0 bridgehead atoms. The second kappa shape index (κ2) is 7.24. The van der Waals surface area contributed by atoms with E-state index in [-0.39, 0.29) is 18.7 Å². The number of primary amides is 1. The molecule has 2 atom stereocenters. The summed E-state index contributed by atoms with van der Waals surface area (Å²) < 4.78 is 12.7. The van der Waals surface area contributed by atoms with Gasteiger partial charge in [-0.15, -0.1) is 0 Å². The van der Waals surface area contributed by atoms with Crippen LogP contribution in [0.5, 0.6) is 0 Å². The summed E-state index contributed by atoms with van der Waals surface area (Å²) >= 11 is 0. The molecule has 1 rings (SSSR count). The van der Waals surface area contributed by atoms with Gasteiger partial charge in [0.15, 0.2) is 0 Å². The highest BCUT2D eigenvalue weighted by molar-refractivity contribution is 5.87. The van der Waals surface area contributed by atoms with Gasteiger partial charge >= 0.3 is 0 Å². The topological polar surface area (TPSA) is 96.0 Å². The lowest BCUT2D eigenvalue weighted by atomic mass is 10.0. The van der Waals surface area contributed by atoms with E-state index in [4.69, 9.17) is 11.0 Å². The molecule has 1 aromatic carbocycles. The average molecular weight is 277 g/mol. The summed E-state index contributed by atoms with van der Waals surface area (Å²) in [6.45, 7) is 1.64. The third-order valence-corrected chi connectivity index (χ3v) is 2.77. The maximum Gasteiger partial charge on any atom is 0.240 e. The Bertz CT molecular complexity index is 522. The molecule has 5 nitrogen and oxygen atoms in total. The first-order chi connectivity index (χ1) is 9.42. The number of carbonyl (C=O) groups excluding carboxylic acids is 2. The summed E-state index contributed by atoms with van der Waals surface area (Å²) in [4.78, 5) is 23.0. The van der Waals surface area contributed by atoms with Crippen molar-refractivity contribution in [3.63, 3.8) is 0 Å². The predicted molar refractivity (Wildman–Crippen MR) is 70.6 cm³/mol. The molecule has 0 saturated heterocycles. The second-order valence-corrected chi connectivity index (χ2v) is 4.59. The van der Waals surface area contributed by atoms with Gasteiger partial charge in [0.1, 0.15) is 11.9 Å². The lowest BCUT2D eigenvalue weighted by molar-refractivity contribution is -0.127. The van der Waals surface area contributed by atoms with Crippen LogP contribution in [0.15, 0.2) is 24.3 Å². The SMILES string of the molecule is C[C@H](C#N)C[C@H](NC(=O)Cc1ccc(F)cc1)C(N)=O. The number of amides is 2. The molecule has 3 N–H and O–H groups in total. The van der Waals surface area contributed by atoms with Gasteiger partial charge in [0.2, 0.25) is 11.8 Å². The summed E-state index contributed by atoms with van der Waals surface area (Å²) in [6.07, 6.45) is 0.186. The fraction of sp³-hybridized carbons (Fsp3) is 0.357. The minimum atomic E-state index is -0.877. The fourth-order valence-corrected chi connectivity index (χ4v) is 1.69. The Hall–Kier alpha value is -2.42.